The van der Waals surface area contributed by atoms with Gasteiger partial charge in [0.2, 0.25) is 0 Å². The molecule has 7 heteroatoms. The van der Waals surface area contributed by atoms with Crippen molar-refractivity contribution in [1.29, 1.82) is 0 Å². The molecule has 7 nitrogen and oxygen atoms in total. The molecule has 2 aromatic carbocycles. The van der Waals surface area contributed by atoms with Crippen molar-refractivity contribution in [2.24, 2.45) is 0 Å². The topological polar surface area (TPSA) is 77.6 Å². The van der Waals surface area contributed by atoms with Crippen molar-refractivity contribution < 1.29 is 4.79 Å². The number of amides is 1. The van der Waals surface area contributed by atoms with Crippen LogP contribution < -0.4 is 5.32 Å². The van der Waals surface area contributed by atoms with Gasteiger partial charge in [-0.2, -0.15) is 10.2 Å². The molecule has 27 heavy (non-hydrogen) atoms. The van der Waals surface area contributed by atoms with Crippen LogP contribution in [0.4, 0.5) is 0 Å². The Labute approximate surface area is 156 Å². The third-order valence-corrected chi connectivity index (χ3v) is 4.29. The number of rotatable bonds is 5. The highest BCUT2D eigenvalue weighted by Crippen LogP contribution is 2.16. The maximum absolute atomic E-state index is 12.5. The van der Waals surface area contributed by atoms with Gasteiger partial charge in [0.05, 0.1) is 29.2 Å². The Balaban J connectivity index is 1.44. The molecule has 1 amide bonds. The first-order valence-electron chi connectivity index (χ1n) is 8.56. The predicted octanol–water partition coefficient (Wildman–Crippen LogP) is 2.94. The zero-order valence-corrected chi connectivity index (χ0v) is 14.7. The molecule has 2 heterocycles. The molecular formula is C20H18N6O. The van der Waals surface area contributed by atoms with Crippen LogP contribution >= 0.6 is 0 Å². The fraction of sp³-hybridized carbons (Fsp3) is 0.100. The third kappa shape index (κ3) is 3.62. The quantitative estimate of drug-likeness (QED) is 0.595. The zero-order chi connectivity index (χ0) is 18.6. The molecule has 0 saturated heterocycles. The molecule has 0 saturated carbocycles. The van der Waals surface area contributed by atoms with Crippen molar-refractivity contribution in [3.05, 3.63) is 90.8 Å². The van der Waals surface area contributed by atoms with E-state index >= 15 is 0 Å². The van der Waals surface area contributed by atoms with E-state index < -0.39 is 0 Å². The van der Waals surface area contributed by atoms with Crippen LogP contribution in [0.2, 0.25) is 0 Å². The highest BCUT2D eigenvalue weighted by Gasteiger charge is 2.14. The Morgan fingerprint density at radius 2 is 1.70 bits per heavy atom. The van der Waals surface area contributed by atoms with Gasteiger partial charge in [-0.3, -0.25) is 4.79 Å². The summed E-state index contributed by atoms with van der Waals surface area (Å²) in [5, 5.41) is 11.4. The number of para-hydroxylation sites is 1. The van der Waals surface area contributed by atoms with Crippen LogP contribution in [0.1, 0.15) is 28.9 Å². The van der Waals surface area contributed by atoms with E-state index in [4.69, 9.17) is 0 Å². The van der Waals surface area contributed by atoms with E-state index in [1.165, 1.54) is 6.33 Å². The number of carbonyl (C=O) groups excluding carboxylic acids is 1. The Bertz CT molecular complexity index is 1020. The summed E-state index contributed by atoms with van der Waals surface area (Å²) in [6.45, 7) is 1.95. The van der Waals surface area contributed by atoms with Crippen LogP contribution in [0.3, 0.4) is 0 Å². The lowest BCUT2D eigenvalue weighted by Crippen LogP contribution is -2.26. The molecule has 4 aromatic rings. The van der Waals surface area contributed by atoms with E-state index in [2.05, 4.69) is 20.5 Å². The minimum atomic E-state index is -0.162. The number of aromatic nitrogens is 5. The molecule has 0 aliphatic rings. The summed E-state index contributed by atoms with van der Waals surface area (Å²) in [5.41, 5.74) is 3.35. The minimum absolute atomic E-state index is 0.137. The summed E-state index contributed by atoms with van der Waals surface area (Å²) in [5.74, 6) is -0.162. The second-order valence-electron chi connectivity index (χ2n) is 6.14. The van der Waals surface area contributed by atoms with Gasteiger partial charge in [0, 0.05) is 6.20 Å². The Hall–Kier alpha value is -3.74. The molecule has 1 atom stereocenters. The van der Waals surface area contributed by atoms with Crippen LogP contribution in [0, 0.1) is 0 Å². The monoisotopic (exact) mass is 358 g/mol. The van der Waals surface area contributed by atoms with Crippen LogP contribution in [-0.4, -0.2) is 30.5 Å². The van der Waals surface area contributed by atoms with E-state index in [0.29, 0.717) is 5.56 Å². The van der Waals surface area contributed by atoms with Crippen LogP contribution in [0.5, 0.6) is 0 Å². The van der Waals surface area contributed by atoms with Crippen molar-refractivity contribution in [3.8, 4) is 11.4 Å². The normalized spacial score (nSPS) is 11.9. The molecular weight excluding hydrogens is 340 g/mol. The maximum atomic E-state index is 12.5. The van der Waals surface area contributed by atoms with Gasteiger partial charge in [-0.15, -0.1) is 0 Å². The van der Waals surface area contributed by atoms with E-state index in [-0.39, 0.29) is 11.9 Å². The summed E-state index contributed by atoms with van der Waals surface area (Å²) >= 11 is 0. The Kier molecular flexibility index (Phi) is 4.49. The predicted molar refractivity (Wildman–Crippen MR) is 101 cm³/mol. The standard InChI is InChI=1S/C20H18N6O/c1-15(16-7-9-19(10-8-16)26-14-21-13-23-26)24-20(27)17-11-22-25(12-17)18-5-3-2-4-6-18/h2-15H,1H3,(H,24,27). The van der Waals surface area contributed by atoms with Gasteiger partial charge in [0.25, 0.3) is 5.91 Å². The summed E-state index contributed by atoms with van der Waals surface area (Å²) in [7, 11) is 0. The molecule has 0 aliphatic carbocycles. The summed E-state index contributed by atoms with van der Waals surface area (Å²) in [4.78, 5) is 16.5. The van der Waals surface area contributed by atoms with Gasteiger partial charge in [-0.1, -0.05) is 30.3 Å². The smallest absolute Gasteiger partial charge is 0.254 e. The van der Waals surface area contributed by atoms with Crippen molar-refractivity contribution >= 4 is 5.91 Å². The molecule has 0 radical (unpaired) electrons. The first kappa shape index (κ1) is 16.7. The van der Waals surface area contributed by atoms with E-state index in [9.17, 15) is 4.79 Å². The molecule has 134 valence electrons. The maximum Gasteiger partial charge on any atom is 0.254 e. The molecule has 1 unspecified atom stereocenters. The fourth-order valence-corrected chi connectivity index (χ4v) is 2.78. The average molecular weight is 358 g/mol. The van der Waals surface area contributed by atoms with E-state index in [1.54, 1.807) is 28.1 Å². The minimum Gasteiger partial charge on any atom is -0.345 e. The van der Waals surface area contributed by atoms with Crippen LogP contribution in [0.25, 0.3) is 11.4 Å². The van der Waals surface area contributed by atoms with Gasteiger partial charge in [-0.05, 0) is 36.8 Å². The van der Waals surface area contributed by atoms with Crippen LogP contribution in [0.15, 0.2) is 79.6 Å². The van der Waals surface area contributed by atoms with Crippen molar-refractivity contribution in [2.75, 3.05) is 0 Å². The molecule has 2 aromatic heterocycles. The van der Waals surface area contributed by atoms with Gasteiger partial charge in [0.1, 0.15) is 12.7 Å². The summed E-state index contributed by atoms with van der Waals surface area (Å²) in [6.07, 6.45) is 6.44. The Morgan fingerprint density at radius 1 is 0.963 bits per heavy atom. The van der Waals surface area contributed by atoms with Gasteiger partial charge in [-0.25, -0.2) is 14.3 Å². The molecule has 0 spiro atoms. The summed E-state index contributed by atoms with van der Waals surface area (Å²) in [6, 6.07) is 17.4. The first-order chi connectivity index (χ1) is 13.2. The molecule has 0 fully saturated rings. The number of carbonyl (C=O) groups is 1. The van der Waals surface area contributed by atoms with Gasteiger partial charge in [0.15, 0.2) is 0 Å². The molecule has 0 aliphatic heterocycles. The van der Waals surface area contributed by atoms with Gasteiger partial charge >= 0.3 is 0 Å². The second-order valence-corrected chi connectivity index (χ2v) is 6.14. The number of hydrogen-bond acceptors (Lipinski definition) is 4. The highest BCUT2D eigenvalue weighted by molar-refractivity contribution is 5.94. The second kappa shape index (κ2) is 7.25. The lowest BCUT2D eigenvalue weighted by Gasteiger charge is -2.14. The van der Waals surface area contributed by atoms with Gasteiger partial charge < -0.3 is 5.32 Å². The zero-order valence-electron chi connectivity index (χ0n) is 14.7. The SMILES string of the molecule is CC(NC(=O)c1cnn(-c2ccccc2)c1)c1ccc(-n2cncn2)cc1. The number of nitrogens with one attached hydrogen (secondary N) is 1. The van der Waals surface area contributed by atoms with Crippen molar-refractivity contribution in [1.82, 2.24) is 29.9 Å². The molecule has 1 N–H and O–H groups in total. The Morgan fingerprint density at radius 3 is 2.41 bits per heavy atom. The third-order valence-electron chi connectivity index (χ3n) is 4.29. The lowest BCUT2D eigenvalue weighted by molar-refractivity contribution is 0.0940. The van der Waals surface area contributed by atoms with E-state index in [1.807, 2.05) is 61.5 Å². The van der Waals surface area contributed by atoms with Crippen molar-refractivity contribution in [3.63, 3.8) is 0 Å². The molecule has 4 rings (SSSR count). The van der Waals surface area contributed by atoms with Crippen molar-refractivity contribution in [2.45, 2.75) is 13.0 Å². The number of nitrogens with zero attached hydrogens (tertiary/aromatic N) is 5. The first-order valence-corrected chi connectivity index (χ1v) is 8.56. The fourth-order valence-electron chi connectivity index (χ4n) is 2.78. The summed E-state index contributed by atoms with van der Waals surface area (Å²) < 4.78 is 3.37. The number of hydrogen-bond donors (Lipinski definition) is 1. The average Bonchev–Trinajstić information content (AvgIpc) is 3.41. The highest BCUT2D eigenvalue weighted by atomic mass is 16.1. The molecule has 0 bridgehead atoms. The largest absolute Gasteiger partial charge is 0.345 e. The number of benzene rings is 2. The van der Waals surface area contributed by atoms with E-state index in [0.717, 1.165) is 16.9 Å². The lowest BCUT2D eigenvalue weighted by atomic mass is 10.1. The van der Waals surface area contributed by atoms with Crippen LogP contribution in [-0.2, 0) is 0 Å².